The molecule has 1 aromatic heterocycles. The highest BCUT2D eigenvalue weighted by Crippen LogP contribution is 2.33. The number of rotatable bonds is 1. The van der Waals surface area contributed by atoms with Gasteiger partial charge in [-0.3, -0.25) is 0 Å². The molecule has 0 fully saturated rings. The zero-order valence-corrected chi connectivity index (χ0v) is 10.0. The molecule has 0 bridgehead atoms. The molecule has 0 aliphatic rings. The van der Waals surface area contributed by atoms with Crippen LogP contribution in [0.1, 0.15) is 5.69 Å². The number of nitrogens with two attached hydrogens (primary N) is 1. The van der Waals surface area contributed by atoms with Crippen molar-refractivity contribution in [1.82, 2.24) is 4.57 Å². The Kier molecular flexibility index (Phi) is 2.67. The minimum absolute atomic E-state index is 0.161. The van der Waals surface area contributed by atoms with Crippen LogP contribution in [0.2, 0.25) is 0 Å². The SMILES string of the molecule is Cn1c(C(F)(F)F)cc2ccc(S(N)(=O)=O)cc21. The third kappa shape index (κ3) is 2.08. The third-order valence-corrected chi connectivity index (χ3v) is 3.55. The molecule has 0 saturated carbocycles. The summed E-state index contributed by atoms with van der Waals surface area (Å²) in [5, 5.41) is 5.23. The van der Waals surface area contributed by atoms with Gasteiger partial charge in [-0.2, -0.15) is 13.2 Å². The van der Waals surface area contributed by atoms with Gasteiger partial charge in [-0.25, -0.2) is 13.6 Å². The minimum Gasteiger partial charge on any atom is -0.340 e. The van der Waals surface area contributed by atoms with Crippen molar-refractivity contribution in [3.8, 4) is 0 Å². The Morgan fingerprint density at radius 2 is 1.83 bits per heavy atom. The van der Waals surface area contributed by atoms with Crippen LogP contribution in [-0.4, -0.2) is 13.0 Å². The third-order valence-electron chi connectivity index (χ3n) is 2.64. The molecule has 0 saturated heterocycles. The average Bonchev–Trinajstić information content (AvgIpc) is 2.54. The Balaban J connectivity index is 2.76. The van der Waals surface area contributed by atoms with Crippen LogP contribution in [0, 0.1) is 0 Å². The second kappa shape index (κ2) is 3.72. The van der Waals surface area contributed by atoms with Crippen LogP contribution in [0.5, 0.6) is 0 Å². The van der Waals surface area contributed by atoms with E-state index in [1.165, 1.54) is 19.2 Å². The highest BCUT2D eigenvalue weighted by molar-refractivity contribution is 7.89. The van der Waals surface area contributed by atoms with Gasteiger partial charge in [0.2, 0.25) is 10.0 Å². The van der Waals surface area contributed by atoms with E-state index in [-0.39, 0.29) is 10.4 Å². The Hall–Kier alpha value is -1.54. The van der Waals surface area contributed by atoms with E-state index in [0.29, 0.717) is 5.39 Å². The number of halogens is 3. The van der Waals surface area contributed by atoms with Crippen LogP contribution >= 0.6 is 0 Å². The predicted octanol–water partition coefficient (Wildman–Crippen LogP) is 1.84. The summed E-state index contributed by atoms with van der Waals surface area (Å²) in [5.41, 5.74) is -0.682. The van der Waals surface area contributed by atoms with Crippen LogP contribution < -0.4 is 5.14 Å². The molecule has 2 aromatic rings. The summed E-state index contributed by atoms with van der Waals surface area (Å²) in [4.78, 5) is -0.218. The summed E-state index contributed by atoms with van der Waals surface area (Å²) < 4.78 is 61.1. The maximum atomic E-state index is 12.7. The Morgan fingerprint density at radius 3 is 2.33 bits per heavy atom. The first kappa shape index (κ1) is 12.9. The van der Waals surface area contributed by atoms with Gasteiger partial charge in [0.05, 0.1) is 4.90 Å². The molecule has 2 rings (SSSR count). The van der Waals surface area contributed by atoms with Gasteiger partial charge < -0.3 is 4.57 Å². The molecule has 0 radical (unpaired) electrons. The lowest BCUT2D eigenvalue weighted by Crippen LogP contribution is -2.12. The van der Waals surface area contributed by atoms with Gasteiger partial charge in [0.25, 0.3) is 0 Å². The number of alkyl halides is 3. The number of sulfonamides is 1. The topological polar surface area (TPSA) is 65.1 Å². The zero-order chi connectivity index (χ0) is 13.7. The molecule has 2 N–H and O–H groups in total. The summed E-state index contributed by atoms with van der Waals surface area (Å²) in [7, 11) is -2.71. The van der Waals surface area contributed by atoms with Crippen molar-refractivity contribution in [1.29, 1.82) is 0 Å². The molecule has 98 valence electrons. The second-order valence-corrected chi connectivity index (χ2v) is 5.41. The summed E-state index contributed by atoms with van der Waals surface area (Å²) in [6.07, 6.45) is -4.49. The van der Waals surface area contributed by atoms with Gasteiger partial charge in [0, 0.05) is 18.0 Å². The Bertz CT molecular complexity index is 717. The molecule has 0 spiro atoms. The van der Waals surface area contributed by atoms with Gasteiger partial charge in [0.1, 0.15) is 5.69 Å². The maximum Gasteiger partial charge on any atom is 0.431 e. The molecular weight excluding hydrogens is 269 g/mol. The van der Waals surface area contributed by atoms with E-state index < -0.39 is 21.9 Å². The fourth-order valence-electron chi connectivity index (χ4n) is 1.76. The largest absolute Gasteiger partial charge is 0.431 e. The first-order valence-corrected chi connectivity index (χ1v) is 6.35. The van der Waals surface area contributed by atoms with E-state index in [9.17, 15) is 21.6 Å². The van der Waals surface area contributed by atoms with E-state index in [1.807, 2.05) is 0 Å². The van der Waals surface area contributed by atoms with Crippen LogP contribution in [0.4, 0.5) is 13.2 Å². The van der Waals surface area contributed by atoms with Gasteiger partial charge in [-0.1, -0.05) is 6.07 Å². The van der Waals surface area contributed by atoms with E-state index in [4.69, 9.17) is 5.14 Å². The van der Waals surface area contributed by atoms with E-state index in [1.54, 1.807) is 0 Å². The molecule has 8 heteroatoms. The predicted molar refractivity (Wildman–Crippen MR) is 59.3 cm³/mol. The molecule has 1 aromatic carbocycles. The molecule has 0 atom stereocenters. The molecular formula is C10H9F3N2O2S. The van der Waals surface area contributed by atoms with Crippen molar-refractivity contribution in [2.75, 3.05) is 0 Å². The number of aryl methyl sites for hydroxylation is 1. The van der Waals surface area contributed by atoms with Crippen molar-refractivity contribution in [2.45, 2.75) is 11.1 Å². The first-order valence-electron chi connectivity index (χ1n) is 4.80. The monoisotopic (exact) mass is 278 g/mol. The Morgan fingerprint density at radius 1 is 1.22 bits per heavy atom. The van der Waals surface area contributed by atoms with Gasteiger partial charge >= 0.3 is 6.18 Å². The summed E-state index contributed by atoms with van der Waals surface area (Å²) in [5.74, 6) is 0. The number of aromatic nitrogens is 1. The van der Waals surface area contributed by atoms with Crippen molar-refractivity contribution in [3.05, 3.63) is 30.0 Å². The lowest BCUT2D eigenvalue weighted by molar-refractivity contribution is -0.142. The normalized spacial score (nSPS) is 13.2. The molecule has 0 aliphatic heterocycles. The number of hydrogen-bond donors (Lipinski definition) is 1. The molecule has 0 amide bonds. The summed E-state index contributed by atoms with van der Waals surface area (Å²) >= 11 is 0. The summed E-state index contributed by atoms with van der Waals surface area (Å²) in [6, 6.07) is 4.56. The van der Waals surface area contributed by atoms with E-state index in [0.717, 1.165) is 16.7 Å². The van der Waals surface area contributed by atoms with E-state index in [2.05, 4.69) is 0 Å². The molecule has 0 aliphatic carbocycles. The van der Waals surface area contributed by atoms with E-state index >= 15 is 0 Å². The fraction of sp³-hybridized carbons (Fsp3) is 0.200. The summed E-state index contributed by atoms with van der Waals surface area (Å²) in [6.45, 7) is 0. The highest BCUT2D eigenvalue weighted by Gasteiger charge is 2.34. The first-order chi connectivity index (χ1) is 8.10. The van der Waals surface area contributed by atoms with Gasteiger partial charge in [-0.15, -0.1) is 0 Å². The number of nitrogens with zero attached hydrogens (tertiary/aromatic N) is 1. The lowest BCUT2D eigenvalue weighted by atomic mass is 10.2. The lowest BCUT2D eigenvalue weighted by Gasteiger charge is -2.07. The van der Waals surface area contributed by atoms with Gasteiger partial charge in [-0.05, 0) is 18.2 Å². The Labute approximate surface area is 101 Å². The van der Waals surface area contributed by atoms with Crippen LogP contribution in [0.3, 0.4) is 0 Å². The number of primary sulfonamides is 1. The highest BCUT2D eigenvalue weighted by atomic mass is 32.2. The fourth-order valence-corrected chi connectivity index (χ4v) is 2.29. The van der Waals surface area contributed by atoms with Crippen LogP contribution in [0.15, 0.2) is 29.2 Å². The number of hydrogen-bond acceptors (Lipinski definition) is 2. The standard InChI is InChI=1S/C10H9F3N2O2S/c1-15-8-5-7(18(14,16)17)3-2-6(8)4-9(15)10(11,12)13/h2-5H,1H3,(H2,14,16,17). The molecule has 4 nitrogen and oxygen atoms in total. The molecule has 0 unspecified atom stereocenters. The van der Waals surface area contributed by atoms with Crippen molar-refractivity contribution in [2.24, 2.45) is 12.2 Å². The van der Waals surface area contributed by atoms with Crippen molar-refractivity contribution >= 4 is 20.9 Å². The van der Waals surface area contributed by atoms with Gasteiger partial charge in [0.15, 0.2) is 0 Å². The van der Waals surface area contributed by atoms with Crippen LogP contribution in [-0.2, 0) is 23.2 Å². The van der Waals surface area contributed by atoms with Crippen molar-refractivity contribution < 1.29 is 21.6 Å². The number of benzene rings is 1. The smallest absolute Gasteiger partial charge is 0.340 e. The van der Waals surface area contributed by atoms with Crippen molar-refractivity contribution in [3.63, 3.8) is 0 Å². The molecule has 1 heterocycles. The minimum atomic E-state index is -4.49. The quantitative estimate of drug-likeness (QED) is 0.865. The second-order valence-electron chi connectivity index (χ2n) is 3.85. The average molecular weight is 278 g/mol. The zero-order valence-electron chi connectivity index (χ0n) is 9.19. The maximum absolute atomic E-state index is 12.7. The number of fused-ring (bicyclic) bond motifs is 1. The van der Waals surface area contributed by atoms with Crippen LogP contribution in [0.25, 0.3) is 10.9 Å². The molecule has 18 heavy (non-hydrogen) atoms.